The second-order valence-electron chi connectivity index (χ2n) is 3.21. The van der Waals surface area contributed by atoms with Gasteiger partial charge in [0.05, 0.1) is 13.2 Å². The quantitative estimate of drug-likeness (QED) is 0.494. The summed E-state index contributed by atoms with van der Waals surface area (Å²) >= 11 is 0. The van der Waals surface area contributed by atoms with Crippen LogP contribution in [0.15, 0.2) is 0 Å². The van der Waals surface area contributed by atoms with E-state index < -0.39 is 0 Å². The molecule has 0 amide bonds. The van der Waals surface area contributed by atoms with Gasteiger partial charge in [0.25, 0.3) is 0 Å². The fourth-order valence-corrected chi connectivity index (χ4v) is 1.62. The average molecular weight is 174 g/mol. The predicted octanol–water partition coefficient (Wildman–Crippen LogP) is -1.37. The van der Waals surface area contributed by atoms with Gasteiger partial charge in [-0.15, -0.1) is 0 Å². The molecule has 0 aliphatic carbocycles. The number of nitrogens with zero attached hydrogens (tertiary/aromatic N) is 1. The lowest BCUT2D eigenvalue weighted by atomic mass is 10.1. The van der Waals surface area contributed by atoms with Gasteiger partial charge in [0.1, 0.15) is 0 Å². The van der Waals surface area contributed by atoms with Crippen LogP contribution < -0.4 is 5.32 Å². The Labute approximate surface area is 73.2 Å². The third-order valence-corrected chi connectivity index (χ3v) is 2.45. The van der Waals surface area contributed by atoms with Crippen LogP contribution in [0.25, 0.3) is 0 Å². The van der Waals surface area contributed by atoms with E-state index in [9.17, 15) is 0 Å². The van der Waals surface area contributed by atoms with Crippen LogP contribution in [0.3, 0.4) is 0 Å². The van der Waals surface area contributed by atoms with E-state index in [2.05, 4.69) is 17.1 Å². The molecule has 3 N–H and O–H groups in total. The van der Waals surface area contributed by atoms with E-state index in [0.717, 1.165) is 19.6 Å². The molecule has 1 fully saturated rings. The van der Waals surface area contributed by atoms with Crippen LogP contribution in [0.4, 0.5) is 0 Å². The molecule has 1 aliphatic heterocycles. The molecule has 1 heterocycles. The van der Waals surface area contributed by atoms with Crippen LogP contribution in [0.5, 0.6) is 0 Å². The summed E-state index contributed by atoms with van der Waals surface area (Å²) < 4.78 is 0. The summed E-state index contributed by atoms with van der Waals surface area (Å²) in [5.41, 5.74) is 0. The Bertz CT molecular complexity index is 132. The molecular formula is C8H18N2O2. The van der Waals surface area contributed by atoms with E-state index in [1.54, 1.807) is 0 Å². The van der Waals surface area contributed by atoms with Crippen LogP contribution in [-0.4, -0.2) is 60.0 Å². The lowest BCUT2D eigenvalue weighted by Gasteiger charge is -2.38. The molecule has 0 aromatic carbocycles. The number of nitrogens with one attached hydrogen (secondary N) is 1. The Morgan fingerprint density at radius 2 is 2.17 bits per heavy atom. The monoisotopic (exact) mass is 174 g/mol. The second-order valence-corrected chi connectivity index (χ2v) is 3.21. The number of piperazine rings is 1. The third kappa shape index (κ3) is 2.17. The maximum absolute atomic E-state index is 9.01. The Morgan fingerprint density at radius 3 is 2.67 bits per heavy atom. The average Bonchev–Trinajstić information content (AvgIpc) is 2.16. The van der Waals surface area contributed by atoms with Crippen LogP contribution in [0, 0.1) is 0 Å². The van der Waals surface area contributed by atoms with Crippen molar-refractivity contribution in [3.8, 4) is 0 Å². The van der Waals surface area contributed by atoms with Gasteiger partial charge >= 0.3 is 0 Å². The molecule has 2 unspecified atom stereocenters. The van der Waals surface area contributed by atoms with Gasteiger partial charge in [0.15, 0.2) is 0 Å². The number of aliphatic hydroxyl groups excluding tert-OH is 2. The molecule has 1 aliphatic rings. The van der Waals surface area contributed by atoms with E-state index in [-0.39, 0.29) is 25.3 Å². The fraction of sp³-hybridized carbons (Fsp3) is 1.00. The molecule has 4 heteroatoms. The Balaban J connectivity index is 2.41. The number of hydrogen-bond donors (Lipinski definition) is 3. The zero-order valence-corrected chi connectivity index (χ0v) is 7.53. The summed E-state index contributed by atoms with van der Waals surface area (Å²) in [7, 11) is 0. The molecule has 4 nitrogen and oxygen atoms in total. The number of hydrogen-bond acceptors (Lipinski definition) is 4. The molecule has 2 atom stereocenters. The molecule has 12 heavy (non-hydrogen) atoms. The summed E-state index contributed by atoms with van der Waals surface area (Å²) in [5.74, 6) is 0. The highest BCUT2D eigenvalue weighted by atomic mass is 16.3. The van der Waals surface area contributed by atoms with Gasteiger partial charge in [-0.25, -0.2) is 0 Å². The van der Waals surface area contributed by atoms with Crippen molar-refractivity contribution in [3.63, 3.8) is 0 Å². The molecule has 1 saturated heterocycles. The summed E-state index contributed by atoms with van der Waals surface area (Å²) in [5, 5.41) is 21.1. The van der Waals surface area contributed by atoms with Crippen molar-refractivity contribution in [1.29, 1.82) is 0 Å². The minimum atomic E-state index is 0.174. The molecular weight excluding hydrogens is 156 g/mol. The third-order valence-electron chi connectivity index (χ3n) is 2.45. The van der Waals surface area contributed by atoms with Crippen LogP contribution in [0.2, 0.25) is 0 Å². The van der Waals surface area contributed by atoms with Crippen molar-refractivity contribution in [2.24, 2.45) is 0 Å². The molecule has 72 valence electrons. The van der Waals surface area contributed by atoms with Crippen molar-refractivity contribution in [3.05, 3.63) is 0 Å². The van der Waals surface area contributed by atoms with Crippen LogP contribution in [-0.2, 0) is 0 Å². The standard InChI is InChI=1S/C8H18N2O2/c1-2-10-4-7(5-11)9-3-8(10)6-12/h7-9,11-12H,2-6H2,1H3. The van der Waals surface area contributed by atoms with E-state index in [1.807, 2.05) is 0 Å². The summed E-state index contributed by atoms with van der Waals surface area (Å²) in [6, 6.07) is 0.394. The maximum Gasteiger partial charge on any atom is 0.0599 e. The summed E-state index contributed by atoms with van der Waals surface area (Å²) in [6.07, 6.45) is 0. The van der Waals surface area contributed by atoms with Gasteiger partial charge in [0.2, 0.25) is 0 Å². The Hall–Kier alpha value is -0.160. The molecule has 0 saturated carbocycles. The lowest BCUT2D eigenvalue weighted by molar-refractivity contribution is 0.0686. The largest absolute Gasteiger partial charge is 0.395 e. The first-order chi connectivity index (χ1) is 5.81. The molecule has 0 spiro atoms. The SMILES string of the molecule is CCN1CC(CO)NCC1CO. The van der Waals surface area contributed by atoms with E-state index in [0.29, 0.717) is 0 Å². The first-order valence-corrected chi connectivity index (χ1v) is 4.51. The molecule has 0 bridgehead atoms. The topological polar surface area (TPSA) is 55.7 Å². The van der Waals surface area contributed by atoms with Gasteiger partial charge in [-0.2, -0.15) is 0 Å². The Kier molecular flexibility index (Phi) is 3.94. The number of rotatable bonds is 3. The van der Waals surface area contributed by atoms with Crippen LogP contribution >= 0.6 is 0 Å². The van der Waals surface area contributed by atoms with Crippen molar-refractivity contribution >= 4 is 0 Å². The smallest absolute Gasteiger partial charge is 0.0599 e. The highest BCUT2D eigenvalue weighted by molar-refractivity contribution is 4.84. The number of aliphatic hydroxyl groups is 2. The first kappa shape index (κ1) is 9.92. The predicted molar refractivity (Wildman–Crippen MR) is 47.0 cm³/mol. The van der Waals surface area contributed by atoms with E-state index in [4.69, 9.17) is 10.2 Å². The molecule has 0 aromatic rings. The van der Waals surface area contributed by atoms with E-state index in [1.165, 1.54) is 0 Å². The highest BCUT2D eigenvalue weighted by Gasteiger charge is 2.25. The highest BCUT2D eigenvalue weighted by Crippen LogP contribution is 2.05. The zero-order valence-electron chi connectivity index (χ0n) is 7.53. The first-order valence-electron chi connectivity index (χ1n) is 4.51. The molecule has 1 rings (SSSR count). The summed E-state index contributed by atoms with van der Waals surface area (Å²) in [4.78, 5) is 2.19. The van der Waals surface area contributed by atoms with Crippen molar-refractivity contribution in [2.45, 2.75) is 19.0 Å². The summed E-state index contributed by atoms with van der Waals surface area (Å²) in [6.45, 7) is 4.98. The molecule has 0 aromatic heterocycles. The molecule has 0 radical (unpaired) electrons. The van der Waals surface area contributed by atoms with Gasteiger partial charge in [0, 0.05) is 25.2 Å². The number of likely N-dealkylation sites (N-methyl/N-ethyl adjacent to an activating group) is 1. The zero-order chi connectivity index (χ0) is 8.97. The van der Waals surface area contributed by atoms with Gasteiger partial charge in [-0.3, -0.25) is 4.90 Å². The normalized spacial score (nSPS) is 32.2. The van der Waals surface area contributed by atoms with Crippen molar-refractivity contribution < 1.29 is 10.2 Å². The minimum absolute atomic E-state index is 0.174. The maximum atomic E-state index is 9.01. The van der Waals surface area contributed by atoms with Crippen molar-refractivity contribution in [1.82, 2.24) is 10.2 Å². The lowest BCUT2D eigenvalue weighted by Crippen LogP contribution is -2.58. The van der Waals surface area contributed by atoms with Gasteiger partial charge in [-0.05, 0) is 6.54 Å². The van der Waals surface area contributed by atoms with Crippen LogP contribution in [0.1, 0.15) is 6.92 Å². The van der Waals surface area contributed by atoms with Crippen molar-refractivity contribution in [2.75, 3.05) is 32.8 Å². The minimum Gasteiger partial charge on any atom is -0.395 e. The second kappa shape index (κ2) is 4.77. The van der Waals surface area contributed by atoms with E-state index >= 15 is 0 Å². The van der Waals surface area contributed by atoms with Gasteiger partial charge in [-0.1, -0.05) is 6.92 Å². The van der Waals surface area contributed by atoms with Gasteiger partial charge < -0.3 is 15.5 Å². The fourth-order valence-electron chi connectivity index (χ4n) is 1.62. The Morgan fingerprint density at radius 1 is 1.42 bits per heavy atom.